The van der Waals surface area contributed by atoms with E-state index >= 15 is 0 Å². The largest absolute Gasteiger partial charge is 0.390 e. The molecule has 0 aromatic heterocycles. The van der Waals surface area contributed by atoms with Crippen molar-refractivity contribution in [3.63, 3.8) is 0 Å². The quantitative estimate of drug-likeness (QED) is 0.311. The summed E-state index contributed by atoms with van der Waals surface area (Å²) in [6, 6.07) is 0. The predicted molar refractivity (Wildman–Crippen MR) is 101 cm³/mol. The summed E-state index contributed by atoms with van der Waals surface area (Å²) in [6.45, 7) is 10.6. The van der Waals surface area contributed by atoms with Crippen LogP contribution in [0.25, 0.3) is 0 Å². The Morgan fingerprint density at radius 1 is 0.750 bits per heavy atom. The topological polar surface area (TPSA) is 103 Å². The molecule has 0 atom stereocenters. The lowest BCUT2D eigenvalue weighted by atomic mass is 10.2. The van der Waals surface area contributed by atoms with Gasteiger partial charge in [0.05, 0.1) is 6.10 Å². The molecular weight excluding hydrogens is 304 g/mol. The zero-order valence-electron chi connectivity index (χ0n) is 15.4. The van der Waals surface area contributed by atoms with E-state index in [-0.39, 0.29) is 6.10 Å². The molecule has 0 bridgehead atoms. The van der Waals surface area contributed by atoms with Gasteiger partial charge in [-0.3, -0.25) is 9.80 Å². The van der Waals surface area contributed by atoms with E-state index in [1.165, 1.54) is 25.7 Å². The molecule has 1 saturated heterocycles. The van der Waals surface area contributed by atoms with E-state index in [4.69, 9.17) is 11.5 Å². The van der Waals surface area contributed by atoms with Gasteiger partial charge in [0.15, 0.2) is 0 Å². The van der Waals surface area contributed by atoms with Gasteiger partial charge in [-0.05, 0) is 25.9 Å². The molecule has 0 aromatic carbocycles. The number of nitrogens with two attached hydrogens (primary N) is 2. The Balaban J connectivity index is 2.38. The fourth-order valence-electron chi connectivity index (χ4n) is 3.20. The van der Waals surface area contributed by atoms with Crippen molar-refractivity contribution < 1.29 is 5.11 Å². The maximum atomic E-state index is 10.5. The highest BCUT2D eigenvalue weighted by Crippen LogP contribution is 2.07. The summed E-state index contributed by atoms with van der Waals surface area (Å²) >= 11 is 0. The summed E-state index contributed by atoms with van der Waals surface area (Å²) in [5.41, 5.74) is 11.0. The van der Waals surface area contributed by atoms with E-state index in [0.717, 1.165) is 65.4 Å². The summed E-state index contributed by atoms with van der Waals surface area (Å²) < 4.78 is 0. The first kappa shape index (κ1) is 21.8. The van der Waals surface area contributed by atoms with Crippen LogP contribution in [0.2, 0.25) is 0 Å². The molecule has 1 aliphatic rings. The minimum atomic E-state index is -0.285. The van der Waals surface area contributed by atoms with Crippen molar-refractivity contribution in [3.8, 4) is 0 Å². The van der Waals surface area contributed by atoms with Gasteiger partial charge >= 0.3 is 0 Å². The summed E-state index contributed by atoms with van der Waals surface area (Å²) in [5.74, 6) is 0. The maximum Gasteiger partial charge on any atom is 0.0793 e. The highest BCUT2D eigenvalue weighted by molar-refractivity contribution is 4.73. The van der Waals surface area contributed by atoms with Crippen molar-refractivity contribution in [2.24, 2.45) is 11.5 Å². The molecule has 7 N–H and O–H groups in total. The van der Waals surface area contributed by atoms with Crippen LogP contribution in [0, 0.1) is 0 Å². The van der Waals surface area contributed by atoms with Gasteiger partial charge in [-0.25, -0.2) is 0 Å². The first-order valence-corrected chi connectivity index (χ1v) is 9.70. The summed E-state index contributed by atoms with van der Waals surface area (Å²) in [4.78, 5) is 4.79. The van der Waals surface area contributed by atoms with Crippen molar-refractivity contribution in [1.82, 2.24) is 20.4 Å². The van der Waals surface area contributed by atoms with Crippen LogP contribution in [0.15, 0.2) is 0 Å². The molecular formula is C17H40N6O. The SMILES string of the molecule is NCCNCCN1CCCCCCN(CCNCCN)CC(O)C1. The molecule has 0 saturated carbocycles. The van der Waals surface area contributed by atoms with Crippen LogP contribution in [0.4, 0.5) is 0 Å². The Kier molecular flexibility index (Phi) is 13.6. The Morgan fingerprint density at radius 3 is 1.62 bits per heavy atom. The van der Waals surface area contributed by atoms with E-state index in [1.807, 2.05) is 0 Å². The molecule has 0 unspecified atom stereocenters. The van der Waals surface area contributed by atoms with Crippen molar-refractivity contribution >= 4 is 0 Å². The average molecular weight is 345 g/mol. The summed E-state index contributed by atoms with van der Waals surface area (Å²) in [5, 5.41) is 17.2. The van der Waals surface area contributed by atoms with E-state index < -0.39 is 0 Å². The Hall–Kier alpha value is -0.280. The van der Waals surface area contributed by atoms with Crippen molar-refractivity contribution in [3.05, 3.63) is 0 Å². The maximum absolute atomic E-state index is 10.5. The van der Waals surface area contributed by atoms with Crippen molar-refractivity contribution in [2.75, 3.05) is 78.5 Å². The lowest BCUT2D eigenvalue weighted by Gasteiger charge is -2.28. The van der Waals surface area contributed by atoms with E-state index in [0.29, 0.717) is 13.1 Å². The van der Waals surface area contributed by atoms with Gasteiger partial charge in [-0.1, -0.05) is 12.8 Å². The molecule has 144 valence electrons. The van der Waals surface area contributed by atoms with Crippen LogP contribution in [0.5, 0.6) is 0 Å². The molecule has 7 heteroatoms. The zero-order chi connectivity index (χ0) is 17.5. The number of aliphatic hydroxyl groups excluding tert-OH is 1. The molecule has 0 spiro atoms. The smallest absolute Gasteiger partial charge is 0.0793 e. The van der Waals surface area contributed by atoms with Crippen LogP contribution in [0.3, 0.4) is 0 Å². The minimum Gasteiger partial charge on any atom is -0.390 e. The number of nitrogens with one attached hydrogen (secondary N) is 2. The molecule has 1 aliphatic heterocycles. The summed E-state index contributed by atoms with van der Waals surface area (Å²) in [7, 11) is 0. The average Bonchev–Trinajstić information content (AvgIpc) is 2.60. The number of β-amino-alcohol motifs (C(OH)–C–C–N with tert-alkyl or cyclic N) is 1. The van der Waals surface area contributed by atoms with Crippen LogP contribution in [-0.2, 0) is 0 Å². The normalized spacial score (nSPS) is 20.1. The highest BCUT2D eigenvalue weighted by atomic mass is 16.3. The number of nitrogens with zero attached hydrogens (tertiary/aromatic N) is 2. The zero-order valence-corrected chi connectivity index (χ0v) is 15.4. The fourth-order valence-corrected chi connectivity index (χ4v) is 3.20. The van der Waals surface area contributed by atoms with Gasteiger partial charge in [0, 0.05) is 65.4 Å². The molecule has 24 heavy (non-hydrogen) atoms. The predicted octanol–water partition coefficient (Wildman–Crippen LogP) is -1.38. The van der Waals surface area contributed by atoms with Gasteiger partial charge in [0.2, 0.25) is 0 Å². The minimum absolute atomic E-state index is 0.285. The Morgan fingerprint density at radius 2 is 1.21 bits per heavy atom. The van der Waals surface area contributed by atoms with E-state index in [1.54, 1.807) is 0 Å². The first-order chi connectivity index (χ1) is 11.8. The monoisotopic (exact) mass is 344 g/mol. The highest BCUT2D eigenvalue weighted by Gasteiger charge is 2.16. The van der Waals surface area contributed by atoms with Crippen LogP contribution in [-0.4, -0.2) is 99.5 Å². The van der Waals surface area contributed by atoms with Crippen LogP contribution in [0.1, 0.15) is 25.7 Å². The lowest BCUT2D eigenvalue weighted by molar-refractivity contribution is 0.0753. The van der Waals surface area contributed by atoms with Crippen LogP contribution < -0.4 is 22.1 Å². The van der Waals surface area contributed by atoms with E-state index in [2.05, 4.69) is 20.4 Å². The van der Waals surface area contributed by atoms with Gasteiger partial charge < -0.3 is 27.2 Å². The molecule has 1 fully saturated rings. The van der Waals surface area contributed by atoms with Crippen molar-refractivity contribution in [1.29, 1.82) is 0 Å². The second-order valence-corrected chi connectivity index (χ2v) is 6.75. The molecule has 0 aliphatic carbocycles. The summed E-state index contributed by atoms with van der Waals surface area (Å²) in [6.07, 6.45) is 4.72. The number of aliphatic hydroxyl groups is 1. The third-order valence-electron chi connectivity index (χ3n) is 4.49. The standard InChI is InChI=1S/C17H40N6O/c18-5-7-20-9-13-22-11-3-1-2-4-12-23(16-17(24)15-22)14-10-21-8-6-19/h17,20-21,24H,1-16,18-19H2. The number of hydrogen-bond acceptors (Lipinski definition) is 7. The van der Waals surface area contributed by atoms with Gasteiger partial charge in [-0.15, -0.1) is 0 Å². The fraction of sp³-hybridized carbons (Fsp3) is 1.00. The first-order valence-electron chi connectivity index (χ1n) is 9.70. The lowest BCUT2D eigenvalue weighted by Crippen LogP contribution is -2.44. The van der Waals surface area contributed by atoms with Crippen LogP contribution >= 0.6 is 0 Å². The third-order valence-corrected chi connectivity index (χ3v) is 4.49. The van der Waals surface area contributed by atoms with Gasteiger partial charge in [0.1, 0.15) is 0 Å². The van der Waals surface area contributed by atoms with Crippen molar-refractivity contribution in [2.45, 2.75) is 31.8 Å². The molecule has 7 nitrogen and oxygen atoms in total. The molecule has 0 aromatic rings. The van der Waals surface area contributed by atoms with Gasteiger partial charge in [-0.2, -0.15) is 0 Å². The van der Waals surface area contributed by atoms with E-state index in [9.17, 15) is 5.11 Å². The number of rotatable bonds is 10. The second-order valence-electron chi connectivity index (χ2n) is 6.75. The third kappa shape index (κ3) is 11.3. The molecule has 1 heterocycles. The van der Waals surface area contributed by atoms with Gasteiger partial charge in [0.25, 0.3) is 0 Å². The second kappa shape index (κ2) is 15.0. The number of hydrogen-bond donors (Lipinski definition) is 5. The molecule has 1 rings (SSSR count). The molecule has 0 radical (unpaired) electrons. The molecule has 0 amide bonds. The Labute approximate surface area is 148 Å². The Bertz CT molecular complexity index is 256.